The molecule has 1 unspecified atom stereocenters. The molecule has 1 atom stereocenters. The van der Waals surface area contributed by atoms with Crippen molar-refractivity contribution in [3.63, 3.8) is 0 Å². The van der Waals surface area contributed by atoms with Gasteiger partial charge < -0.3 is 5.32 Å². The molecule has 3 aromatic rings. The molecule has 3 rings (SSSR count). The zero-order valence-electron chi connectivity index (χ0n) is 18.2. The lowest BCUT2D eigenvalue weighted by Crippen LogP contribution is -2.43. The SMILES string of the molecule is CC(C)CNC(=O)NC(=O)C(C)Sc1nnc(-c2ccccc2Cl)n1Cc1ccccc1. The van der Waals surface area contributed by atoms with Gasteiger partial charge in [0, 0.05) is 12.1 Å². The number of urea groups is 1. The van der Waals surface area contributed by atoms with Gasteiger partial charge in [0.1, 0.15) is 0 Å². The molecule has 0 bridgehead atoms. The second-order valence-corrected chi connectivity index (χ2v) is 9.43. The third kappa shape index (κ3) is 6.34. The molecule has 3 amide bonds. The maximum absolute atomic E-state index is 12.5. The number of thioether (sulfide) groups is 1. The summed E-state index contributed by atoms with van der Waals surface area (Å²) < 4.78 is 1.93. The lowest BCUT2D eigenvalue weighted by atomic mass is 10.2. The van der Waals surface area contributed by atoms with Crippen molar-refractivity contribution >= 4 is 35.3 Å². The molecule has 0 radical (unpaired) electrons. The molecule has 0 aliphatic carbocycles. The second-order valence-electron chi connectivity index (χ2n) is 7.71. The third-order valence-electron chi connectivity index (χ3n) is 4.57. The smallest absolute Gasteiger partial charge is 0.321 e. The molecule has 2 N–H and O–H groups in total. The van der Waals surface area contributed by atoms with Crippen molar-refractivity contribution in [1.29, 1.82) is 0 Å². The number of nitrogens with one attached hydrogen (secondary N) is 2. The highest BCUT2D eigenvalue weighted by atomic mass is 35.5. The minimum absolute atomic E-state index is 0.294. The van der Waals surface area contributed by atoms with E-state index >= 15 is 0 Å². The summed E-state index contributed by atoms with van der Waals surface area (Å²) in [5, 5.41) is 14.3. The van der Waals surface area contributed by atoms with Gasteiger partial charge in [-0.25, -0.2) is 4.79 Å². The number of hydrogen-bond donors (Lipinski definition) is 2. The number of hydrogen-bond acceptors (Lipinski definition) is 5. The zero-order valence-corrected chi connectivity index (χ0v) is 19.8. The largest absolute Gasteiger partial charge is 0.338 e. The van der Waals surface area contributed by atoms with Gasteiger partial charge in [-0.2, -0.15) is 0 Å². The Morgan fingerprint density at radius 1 is 1.03 bits per heavy atom. The van der Waals surface area contributed by atoms with Gasteiger partial charge in [0.2, 0.25) is 5.91 Å². The monoisotopic (exact) mass is 471 g/mol. The first-order chi connectivity index (χ1) is 15.3. The Hall–Kier alpha value is -2.84. The number of benzene rings is 2. The number of rotatable bonds is 8. The van der Waals surface area contributed by atoms with Gasteiger partial charge in [0.15, 0.2) is 11.0 Å². The summed E-state index contributed by atoms with van der Waals surface area (Å²) >= 11 is 7.65. The quantitative estimate of drug-likeness (QED) is 0.468. The number of halogens is 1. The number of imide groups is 1. The van der Waals surface area contributed by atoms with Crippen LogP contribution in [-0.2, 0) is 11.3 Å². The predicted molar refractivity (Wildman–Crippen MR) is 128 cm³/mol. The maximum atomic E-state index is 12.5. The molecule has 0 spiro atoms. The van der Waals surface area contributed by atoms with Gasteiger partial charge >= 0.3 is 6.03 Å². The molecule has 0 saturated carbocycles. The van der Waals surface area contributed by atoms with E-state index in [-0.39, 0.29) is 0 Å². The number of nitrogens with zero attached hydrogens (tertiary/aromatic N) is 3. The fourth-order valence-electron chi connectivity index (χ4n) is 2.89. The van der Waals surface area contributed by atoms with Crippen molar-refractivity contribution in [3.05, 3.63) is 65.2 Å². The van der Waals surface area contributed by atoms with Gasteiger partial charge in [-0.15, -0.1) is 10.2 Å². The van der Waals surface area contributed by atoms with E-state index in [9.17, 15) is 9.59 Å². The molecule has 32 heavy (non-hydrogen) atoms. The van der Waals surface area contributed by atoms with Crippen molar-refractivity contribution in [2.75, 3.05) is 6.54 Å². The van der Waals surface area contributed by atoms with Crippen LogP contribution in [0.15, 0.2) is 59.8 Å². The molecule has 0 fully saturated rings. The average molecular weight is 472 g/mol. The van der Waals surface area contributed by atoms with Crippen LogP contribution in [0.5, 0.6) is 0 Å². The van der Waals surface area contributed by atoms with Crippen LogP contribution in [-0.4, -0.2) is 38.5 Å². The Balaban J connectivity index is 1.82. The number of carbonyl (C=O) groups excluding carboxylic acids is 2. The van der Waals surface area contributed by atoms with Gasteiger partial charge in [-0.3, -0.25) is 14.7 Å². The second kappa shape index (κ2) is 11.2. The van der Waals surface area contributed by atoms with Crippen LogP contribution in [0.1, 0.15) is 26.3 Å². The molecular weight excluding hydrogens is 446 g/mol. The van der Waals surface area contributed by atoms with E-state index in [0.717, 1.165) is 11.1 Å². The number of amides is 3. The van der Waals surface area contributed by atoms with Crippen LogP contribution in [0.3, 0.4) is 0 Å². The average Bonchev–Trinajstić information content (AvgIpc) is 3.15. The Morgan fingerprint density at radius 3 is 2.41 bits per heavy atom. The zero-order chi connectivity index (χ0) is 23.1. The molecule has 9 heteroatoms. The fourth-order valence-corrected chi connectivity index (χ4v) is 3.96. The fraction of sp³-hybridized carbons (Fsp3) is 0.304. The summed E-state index contributed by atoms with van der Waals surface area (Å²) in [6, 6.07) is 16.9. The van der Waals surface area contributed by atoms with Gasteiger partial charge in [0.25, 0.3) is 0 Å². The minimum atomic E-state index is -0.558. The topological polar surface area (TPSA) is 88.9 Å². The first kappa shape index (κ1) is 23.8. The van der Waals surface area contributed by atoms with Crippen LogP contribution in [0.2, 0.25) is 5.02 Å². The van der Waals surface area contributed by atoms with E-state index in [1.165, 1.54) is 11.8 Å². The van der Waals surface area contributed by atoms with Gasteiger partial charge in [0.05, 0.1) is 16.8 Å². The van der Waals surface area contributed by atoms with E-state index < -0.39 is 17.2 Å². The van der Waals surface area contributed by atoms with Crippen LogP contribution >= 0.6 is 23.4 Å². The first-order valence-electron chi connectivity index (χ1n) is 10.3. The highest BCUT2D eigenvalue weighted by molar-refractivity contribution is 8.00. The molecule has 168 valence electrons. The first-order valence-corrected chi connectivity index (χ1v) is 11.6. The minimum Gasteiger partial charge on any atom is -0.338 e. The van der Waals surface area contributed by atoms with E-state index in [1.54, 1.807) is 13.0 Å². The lowest BCUT2D eigenvalue weighted by molar-refractivity contribution is -0.119. The van der Waals surface area contributed by atoms with Crippen LogP contribution in [0, 0.1) is 5.92 Å². The van der Waals surface area contributed by atoms with Crippen molar-refractivity contribution in [3.8, 4) is 11.4 Å². The number of carbonyl (C=O) groups is 2. The summed E-state index contributed by atoms with van der Waals surface area (Å²) in [7, 11) is 0. The van der Waals surface area contributed by atoms with Crippen LogP contribution < -0.4 is 10.6 Å². The van der Waals surface area contributed by atoms with Gasteiger partial charge in [-0.1, -0.05) is 79.7 Å². The summed E-state index contributed by atoms with van der Waals surface area (Å²) in [5.74, 6) is 0.511. The highest BCUT2D eigenvalue weighted by Gasteiger charge is 2.23. The standard InChI is InChI=1S/C23H26ClN5O2S/c1-15(2)13-25-22(31)26-21(30)16(3)32-23-28-27-20(18-11-7-8-12-19(18)24)29(23)14-17-9-5-4-6-10-17/h4-12,15-16H,13-14H2,1-3H3,(H2,25,26,30,31). The lowest BCUT2D eigenvalue weighted by Gasteiger charge is -2.14. The Morgan fingerprint density at radius 2 is 1.72 bits per heavy atom. The summed E-state index contributed by atoms with van der Waals surface area (Å²) in [6.07, 6.45) is 0. The van der Waals surface area contributed by atoms with Crippen molar-refractivity contribution in [2.45, 2.75) is 37.7 Å². The Kier molecular flexibility index (Phi) is 8.30. The highest BCUT2D eigenvalue weighted by Crippen LogP contribution is 2.31. The van der Waals surface area contributed by atoms with Crippen molar-refractivity contribution in [1.82, 2.24) is 25.4 Å². The molecule has 0 saturated heterocycles. The molecule has 0 aliphatic heterocycles. The normalized spacial score (nSPS) is 11.9. The molecule has 2 aromatic carbocycles. The predicted octanol–water partition coefficient (Wildman–Crippen LogP) is 4.61. The van der Waals surface area contributed by atoms with Crippen molar-refractivity contribution < 1.29 is 9.59 Å². The Bertz CT molecular complexity index is 1070. The molecule has 1 aromatic heterocycles. The van der Waals surface area contributed by atoms with E-state index in [0.29, 0.717) is 35.0 Å². The van der Waals surface area contributed by atoms with Crippen LogP contribution in [0.25, 0.3) is 11.4 Å². The summed E-state index contributed by atoms with van der Waals surface area (Å²) in [4.78, 5) is 24.5. The van der Waals surface area contributed by atoms with E-state index in [4.69, 9.17) is 11.6 Å². The molecule has 1 heterocycles. The summed E-state index contributed by atoms with van der Waals surface area (Å²) in [5.41, 5.74) is 1.82. The third-order valence-corrected chi connectivity index (χ3v) is 5.98. The van der Waals surface area contributed by atoms with Crippen LogP contribution in [0.4, 0.5) is 4.79 Å². The summed E-state index contributed by atoms with van der Waals surface area (Å²) in [6.45, 7) is 6.70. The molecule has 7 nitrogen and oxygen atoms in total. The maximum Gasteiger partial charge on any atom is 0.321 e. The van der Waals surface area contributed by atoms with Gasteiger partial charge in [-0.05, 0) is 30.5 Å². The Labute approximate surface area is 197 Å². The van der Waals surface area contributed by atoms with E-state index in [2.05, 4.69) is 20.8 Å². The molecule has 0 aliphatic rings. The molecular formula is C23H26ClN5O2S. The number of aromatic nitrogens is 3. The van der Waals surface area contributed by atoms with Crippen molar-refractivity contribution in [2.24, 2.45) is 5.92 Å². The van der Waals surface area contributed by atoms with E-state index in [1.807, 2.05) is 66.9 Å².